The van der Waals surface area contributed by atoms with Crippen molar-refractivity contribution in [3.05, 3.63) is 57.7 Å². The Labute approximate surface area is 152 Å². The van der Waals surface area contributed by atoms with Gasteiger partial charge in [0.2, 0.25) is 0 Å². The second kappa shape index (κ2) is 6.00. The molecule has 6 heteroatoms. The molecule has 0 saturated carbocycles. The number of fused-ring (bicyclic) bond motifs is 2. The molecule has 110 valence electrons. The molecule has 0 unspecified atom stereocenters. The lowest BCUT2D eigenvalue weighted by atomic mass is 10.2. The molecular formula is C16H10Br2N2S2. The van der Waals surface area contributed by atoms with E-state index in [4.69, 9.17) is 0 Å². The maximum absolute atomic E-state index is 3.54. The van der Waals surface area contributed by atoms with Crippen molar-refractivity contribution in [2.75, 3.05) is 0 Å². The van der Waals surface area contributed by atoms with Crippen LogP contribution in [0.2, 0.25) is 0 Å². The molecule has 4 aromatic rings. The smallest absolute Gasteiger partial charge is 0.0466 e. The van der Waals surface area contributed by atoms with Gasteiger partial charge in [-0.3, -0.25) is 0 Å². The van der Waals surface area contributed by atoms with E-state index in [0.717, 1.165) is 20.0 Å². The summed E-state index contributed by atoms with van der Waals surface area (Å²) in [5.74, 6) is 0. The number of halogens is 2. The summed E-state index contributed by atoms with van der Waals surface area (Å²) in [6.45, 7) is 0. The van der Waals surface area contributed by atoms with Crippen molar-refractivity contribution in [1.82, 2.24) is 9.97 Å². The van der Waals surface area contributed by atoms with Crippen molar-refractivity contribution in [2.24, 2.45) is 0 Å². The van der Waals surface area contributed by atoms with E-state index < -0.39 is 0 Å². The minimum absolute atomic E-state index is 1.10. The van der Waals surface area contributed by atoms with E-state index in [9.17, 15) is 0 Å². The Balaban J connectivity index is 1.65. The molecule has 2 aromatic carbocycles. The van der Waals surface area contributed by atoms with Gasteiger partial charge in [0.15, 0.2) is 0 Å². The number of H-pyrrole nitrogens is 2. The Morgan fingerprint density at radius 3 is 1.59 bits per heavy atom. The van der Waals surface area contributed by atoms with Crippen LogP contribution in [-0.4, -0.2) is 9.97 Å². The van der Waals surface area contributed by atoms with E-state index in [1.54, 1.807) is 21.6 Å². The van der Waals surface area contributed by atoms with Crippen molar-refractivity contribution in [3.8, 4) is 0 Å². The molecule has 4 rings (SSSR count). The van der Waals surface area contributed by atoms with E-state index in [1.807, 2.05) is 0 Å². The van der Waals surface area contributed by atoms with Gasteiger partial charge in [0.1, 0.15) is 0 Å². The highest BCUT2D eigenvalue weighted by atomic mass is 79.9. The zero-order valence-corrected chi connectivity index (χ0v) is 16.0. The van der Waals surface area contributed by atoms with Crippen LogP contribution in [0.15, 0.2) is 67.5 Å². The Kier molecular flexibility index (Phi) is 4.02. The minimum atomic E-state index is 1.10. The van der Waals surface area contributed by atoms with Crippen molar-refractivity contribution < 1.29 is 0 Å². The first kappa shape index (κ1) is 14.8. The van der Waals surface area contributed by atoms with Crippen LogP contribution in [0.1, 0.15) is 0 Å². The molecule has 2 nitrogen and oxygen atoms in total. The summed E-state index contributed by atoms with van der Waals surface area (Å²) in [4.78, 5) is 9.13. The standard InChI is InChI=1S/C16H10Br2N2S2/c17-9-1-3-13-11(5-9)15(7-19-13)21-22-16-8-20-14-4-2-10(18)6-12(14)16/h1-8,19-20H. The number of benzene rings is 2. The van der Waals surface area contributed by atoms with Crippen LogP contribution in [0.4, 0.5) is 0 Å². The van der Waals surface area contributed by atoms with Crippen LogP contribution >= 0.6 is 53.4 Å². The fourth-order valence-corrected chi connectivity index (χ4v) is 5.36. The van der Waals surface area contributed by atoms with Gasteiger partial charge in [0.05, 0.1) is 0 Å². The third-order valence-corrected chi connectivity index (χ3v) is 6.86. The molecule has 0 spiro atoms. The predicted octanol–water partition coefficient (Wildman–Crippen LogP) is 6.97. The van der Waals surface area contributed by atoms with Crippen LogP contribution in [0, 0.1) is 0 Å². The first-order valence-electron chi connectivity index (χ1n) is 6.58. The Hall–Kier alpha value is -0.820. The lowest BCUT2D eigenvalue weighted by molar-refractivity contribution is 1.42. The van der Waals surface area contributed by atoms with E-state index >= 15 is 0 Å². The lowest BCUT2D eigenvalue weighted by Gasteiger charge is -2.00. The van der Waals surface area contributed by atoms with Crippen molar-refractivity contribution >= 4 is 75.3 Å². The summed E-state index contributed by atoms with van der Waals surface area (Å²) >= 11 is 7.08. The highest BCUT2D eigenvalue weighted by Gasteiger charge is 2.09. The molecule has 2 aromatic heterocycles. The lowest BCUT2D eigenvalue weighted by Crippen LogP contribution is -1.70. The fourth-order valence-electron chi connectivity index (χ4n) is 2.36. The SMILES string of the molecule is Brc1ccc2[nH]cc(SSc3c[nH]c4ccc(Br)cc34)c2c1. The molecule has 2 heterocycles. The van der Waals surface area contributed by atoms with Crippen molar-refractivity contribution in [3.63, 3.8) is 0 Å². The molecule has 0 fully saturated rings. The average Bonchev–Trinajstić information content (AvgIpc) is 3.08. The summed E-state index contributed by atoms with van der Waals surface area (Å²) in [6.07, 6.45) is 4.14. The molecule has 0 aliphatic heterocycles. The normalized spacial score (nSPS) is 11.5. The number of aromatic nitrogens is 2. The molecular weight excluding hydrogens is 444 g/mol. The molecule has 0 atom stereocenters. The van der Waals surface area contributed by atoms with Gasteiger partial charge in [0, 0.05) is 52.9 Å². The second-order valence-electron chi connectivity index (χ2n) is 4.85. The zero-order valence-electron chi connectivity index (χ0n) is 11.2. The Morgan fingerprint density at radius 1 is 0.682 bits per heavy atom. The quantitative estimate of drug-likeness (QED) is 0.328. The highest BCUT2D eigenvalue weighted by molar-refractivity contribution is 9.10. The van der Waals surface area contributed by atoms with Crippen LogP contribution in [0.25, 0.3) is 21.8 Å². The summed E-state index contributed by atoms with van der Waals surface area (Å²) in [5, 5.41) is 2.49. The first-order valence-corrected chi connectivity index (χ1v) is 10.3. The number of rotatable bonds is 3. The third-order valence-electron chi connectivity index (χ3n) is 3.43. The van der Waals surface area contributed by atoms with Crippen molar-refractivity contribution in [2.45, 2.75) is 9.79 Å². The van der Waals surface area contributed by atoms with E-state index in [1.165, 1.54) is 20.6 Å². The monoisotopic (exact) mass is 452 g/mol. The summed E-state index contributed by atoms with van der Waals surface area (Å²) in [7, 11) is 3.55. The van der Waals surface area contributed by atoms with Gasteiger partial charge in [-0.05, 0) is 36.4 Å². The molecule has 0 amide bonds. The molecule has 22 heavy (non-hydrogen) atoms. The van der Waals surface area contributed by atoms with Crippen molar-refractivity contribution in [1.29, 1.82) is 0 Å². The highest BCUT2D eigenvalue weighted by Crippen LogP contribution is 2.43. The van der Waals surface area contributed by atoms with Gasteiger partial charge in [0.25, 0.3) is 0 Å². The Bertz CT molecular complexity index is 895. The summed E-state index contributed by atoms with van der Waals surface area (Å²) < 4.78 is 2.20. The maximum atomic E-state index is 3.54. The largest absolute Gasteiger partial charge is 0.360 e. The van der Waals surface area contributed by atoms with Gasteiger partial charge in [-0.25, -0.2) is 0 Å². The Morgan fingerprint density at radius 2 is 1.14 bits per heavy atom. The maximum Gasteiger partial charge on any atom is 0.0466 e. The fraction of sp³-hybridized carbons (Fsp3) is 0. The molecule has 0 radical (unpaired) electrons. The second-order valence-corrected chi connectivity index (χ2v) is 8.90. The summed E-state index contributed by atoms with van der Waals surface area (Å²) in [5.41, 5.74) is 2.32. The van der Waals surface area contributed by atoms with E-state index in [-0.39, 0.29) is 0 Å². The van der Waals surface area contributed by atoms with E-state index in [0.29, 0.717) is 0 Å². The molecule has 0 aliphatic carbocycles. The number of hydrogen-bond acceptors (Lipinski definition) is 2. The van der Waals surface area contributed by atoms with E-state index in [2.05, 4.69) is 90.6 Å². The predicted molar refractivity (Wildman–Crippen MR) is 104 cm³/mol. The van der Waals surface area contributed by atoms with Gasteiger partial charge in [-0.1, -0.05) is 53.4 Å². The van der Waals surface area contributed by atoms with Gasteiger partial charge in [-0.15, -0.1) is 0 Å². The number of nitrogens with one attached hydrogen (secondary N) is 2. The summed E-state index contributed by atoms with van der Waals surface area (Å²) in [6, 6.07) is 12.6. The topological polar surface area (TPSA) is 31.6 Å². The molecule has 0 bridgehead atoms. The molecule has 2 N–H and O–H groups in total. The minimum Gasteiger partial charge on any atom is -0.360 e. The van der Waals surface area contributed by atoms with Crippen LogP contribution in [-0.2, 0) is 0 Å². The zero-order chi connectivity index (χ0) is 15.1. The third kappa shape index (κ3) is 2.73. The van der Waals surface area contributed by atoms with Crippen LogP contribution in [0.3, 0.4) is 0 Å². The van der Waals surface area contributed by atoms with Crippen LogP contribution < -0.4 is 0 Å². The van der Waals surface area contributed by atoms with Crippen LogP contribution in [0.5, 0.6) is 0 Å². The van der Waals surface area contributed by atoms with Gasteiger partial charge in [-0.2, -0.15) is 0 Å². The average molecular weight is 454 g/mol. The number of hydrogen-bond donors (Lipinski definition) is 2. The molecule has 0 saturated heterocycles. The number of aromatic amines is 2. The van der Waals surface area contributed by atoms with Gasteiger partial charge < -0.3 is 9.97 Å². The van der Waals surface area contributed by atoms with Gasteiger partial charge >= 0.3 is 0 Å². The molecule has 0 aliphatic rings. The first-order chi connectivity index (χ1) is 10.7.